The minimum atomic E-state index is -0.797. The van der Waals surface area contributed by atoms with E-state index in [9.17, 15) is 18.4 Å². The highest BCUT2D eigenvalue weighted by atomic mass is 19.1. The van der Waals surface area contributed by atoms with Gasteiger partial charge in [-0.2, -0.15) is 0 Å². The van der Waals surface area contributed by atoms with Crippen molar-refractivity contribution in [3.8, 4) is 5.75 Å². The summed E-state index contributed by atoms with van der Waals surface area (Å²) in [6, 6.07) is 10.8. The van der Waals surface area contributed by atoms with Crippen LogP contribution >= 0.6 is 0 Å². The fraction of sp³-hybridized carbons (Fsp3) is 0.391. The zero-order chi connectivity index (χ0) is 21.5. The predicted molar refractivity (Wildman–Crippen MR) is 109 cm³/mol. The third-order valence-electron chi connectivity index (χ3n) is 5.34. The van der Waals surface area contributed by atoms with Crippen LogP contribution in [0.15, 0.2) is 48.5 Å². The van der Waals surface area contributed by atoms with Crippen LogP contribution in [0, 0.1) is 11.6 Å². The van der Waals surface area contributed by atoms with Crippen molar-refractivity contribution in [3.63, 3.8) is 0 Å². The Bertz CT molecular complexity index is 867. The van der Waals surface area contributed by atoms with Crippen LogP contribution in [0.2, 0.25) is 0 Å². The van der Waals surface area contributed by atoms with Gasteiger partial charge in [-0.15, -0.1) is 0 Å². The molecule has 1 saturated carbocycles. The molecule has 0 saturated heterocycles. The molecule has 1 N–H and O–H groups in total. The van der Waals surface area contributed by atoms with Crippen LogP contribution in [0.1, 0.15) is 38.2 Å². The second-order valence-electron chi connectivity index (χ2n) is 7.52. The molecule has 1 aliphatic rings. The second-order valence-corrected chi connectivity index (χ2v) is 7.52. The van der Waals surface area contributed by atoms with Gasteiger partial charge >= 0.3 is 0 Å². The minimum absolute atomic E-state index is 0.0580. The van der Waals surface area contributed by atoms with Gasteiger partial charge in [0.25, 0.3) is 5.91 Å². The molecule has 1 unspecified atom stereocenters. The van der Waals surface area contributed by atoms with Crippen LogP contribution in [0.4, 0.5) is 8.78 Å². The van der Waals surface area contributed by atoms with Crippen LogP contribution in [0.3, 0.4) is 0 Å². The summed E-state index contributed by atoms with van der Waals surface area (Å²) in [5.41, 5.74) is 0.313. The molecular formula is C23H26F2N2O3. The van der Waals surface area contributed by atoms with Crippen molar-refractivity contribution in [2.75, 3.05) is 6.61 Å². The maximum absolute atomic E-state index is 14.2. The van der Waals surface area contributed by atoms with Gasteiger partial charge < -0.3 is 15.0 Å². The van der Waals surface area contributed by atoms with Gasteiger partial charge in [0.05, 0.1) is 0 Å². The zero-order valence-corrected chi connectivity index (χ0v) is 16.9. The highest BCUT2D eigenvalue weighted by Gasteiger charge is 2.29. The Balaban J connectivity index is 1.71. The number of carbonyl (C=O) groups excluding carboxylic acids is 2. The van der Waals surface area contributed by atoms with Gasteiger partial charge in [0.1, 0.15) is 23.4 Å². The standard InChI is InChI=1S/C23H26F2N2O3/c1-16(23(29)26-19-7-3-4-8-19)27(14-17-6-2-5-9-21(17)25)22(28)15-30-20-12-10-18(24)11-13-20/h2,5-6,9-13,16,19H,3-4,7-8,14-15H2,1H3,(H,26,29). The summed E-state index contributed by atoms with van der Waals surface area (Å²) in [6.07, 6.45) is 3.99. The van der Waals surface area contributed by atoms with Gasteiger partial charge in [0, 0.05) is 18.2 Å². The largest absolute Gasteiger partial charge is 0.484 e. The minimum Gasteiger partial charge on any atom is -0.484 e. The van der Waals surface area contributed by atoms with E-state index in [0.717, 1.165) is 25.7 Å². The SMILES string of the molecule is CC(C(=O)NC1CCCC1)N(Cc1ccccc1F)C(=O)COc1ccc(F)cc1. The topological polar surface area (TPSA) is 58.6 Å². The highest BCUT2D eigenvalue weighted by molar-refractivity contribution is 5.88. The number of ether oxygens (including phenoxy) is 1. The first-order valence-corrected chi connectivity index (χ1v) is 10.2. The molecule has 160 valence electrons. The Hall–Kier alpha value is -2.96. The van der Waals surface area contributed by atoms with Gasteiger partial charge in [0.15, 0.2) is 6.61 Å². The van der Waals surface area contributed by atoms with Crippen molar-refractivity contribution in [2.45, 2.75) is 51.2 Å². The number of halogens is 2. The monoisotopic (exact) mass is 416 g/mol. The summed E-state index contributed by atoms with van der Waals surface area (Å²) in [5, 5.41) is 2.99. The van der Waals surface area contributed by atoms with Crippen LogP contribution < -0.4 is 10.1 Å². The van der Waals surface area contributed by atoms with Crippen molar-refractivity contribution in [1.82, 2.24) is 10.2 Å². The van der Waals surface area contributed by atoms with Gasteiger partial charge in [0.2, 0.25) is 5.91 Å². The molecule has 1 fully saturated rings. The first-order valence-electron chi connectivity index (χ1n) is 10.2. The molecule has 2 amide bonds. The number of amides is 2. The Morgan fingerprint density at radius 2 is 1.77 bits per heavy atom. The molecule has 0 aliphatic heterocycles. The molecule has 0 aromatic heterocycles. The molecule has 7 heteroatoms. The molecule has 2 aromatic rings. The van der Waals surface area contributed by atoms with Crippen molar-refractivity contribution >= 4 is 11.8 Å². The highest BCUT2D eigenvalue weighted by Crippen LogP contribution is 2.19. The molecule has 0 heterocycles. The smallest absolute Gasteiger partial charge is 0.261 e. The molecule has 1 atom stereocenters. The maximum Gasteiger partial charge on any atom is 0.261 e. The Morgan fingerprint density at radius 3 is 2.43 bits per heavy atom. The molecular weight excluding hydrogens is 390 g/mol. The summed E-state index contributed by atoms with van der Waals surface area (Å²) in [6.45, 7) is 1.22. The predicted octanol–water partition coefficient (Wildman–Crippen LogP) is 3.82. The molecule has 2 aromatic carbocycles. The Morgan fingerprint density at radius 1 is 1.10 bits per heavy atom. The van der Waals surface area contributed by atoms with Crippen molar-refractivity contribution < 1.29 is 23.1 Å². The number of hydrogen-bond donors (Lipinski definition) is 1. The molecule has 0 radical (unpaired) electrons. The van der Waals surface area contributed by atoms with Crippen LogP contribution in [-0.4, -0.2) is 35.4 Å². The number of hydrogen-bond acceptors (Lipinski definition) is 3. The van der Waals surface area contributed by atoms with E-state index in [1.54, 1.807) is 25.1 Å². The normalized spacial score (nSPS) is 14.9. The summed E-state index contributed by atoms with van der Waals surface area (Å²) in [4.78, 5) is 27.0. The average Bonchev–Trinajstić information content (AvgIpc) is 3.25. The Labute approximate surface area is 175 Å². The lowest BCUT2D eigenvalue weighted by atomic mass is 10.1. The molecule has 0 spiro atoms. The number of benzene rings is 2. The number of carbonyl (C=O) groups is 2. The summed E-state index contributed by atoms with van der Waals surface area (Å²) < 4.78 is 32.7. The lowest BCUT2D eigenvalue weighted by molar-refractivity contribution is -0.142. The van der Waals surface area contributed by atoms with E-state index in [1.807, 2.05) is 0 Å². The van der Waals surface area contributed by atoms with E-state index in [-0.39, 0.29) is 25.1 Å². The summed E-state index contributed by atoms with van der Waals surface area (Å²) >= 11 is 0. The van der Waals surface area contributed by atoms with E-state index in [4.69, 9.17) is 4.74 Å². The fourth-order valence-corrected chi connectivity index (χ4v) is 3.54. The van der Waals surface area contributed by atoms with Gasteiger partial charge in [-0.05, 0) is 50.1 Å². The number of nitrogens with one attached hydrogen (secondary N) is 1. The van der Waals surface area contributed by atoms with Gasteiger partial charge in [-0.3, -0.25) is 9.59 Å². The lowest BCUT2D eigenvalue weighted by Gasteiger charge is -2.29. The van der Waals surface area contributed by atoms with Crippen LogP contribution in [-0.2, 0) is 16.1 Å². The summed E-state index contributed by atoms with van der Waals surface area (Å²) in [5.74, 6) is -1.26. The van der Waals surface area contributed by atoms with Gasteiger partial charge in [-0.1, -0.05) is 31.0 Å². The van der Waals surface area contributed by atoms with E-state index >= 15 is 0 Å². The quantitative estimate of drug-likeness (QED) is 0.712. The first kappa shape index (κ1) is 21.7. The first-order chi connectivity index (χ1) is 14.4. The van der Waals surface area contributed by atoms with Crippen molar-refractivity contribution in [1.29, 1.82) is 0 Å². The van der Waals surface area contributed by atoms with Crippen LogP contribution in [0.5, 0.6) is 5.75 Å². The Kier molecular flexibility index (Phi) is 7.38. The van der Waals surface area contributed by atoms with Gasteiger partial charge in [-0.25, -0.2) is 8.78 Å². The van der Waals surface area contributed by atoms with E-state index in [1.165, 1.54) is 35.2 Å². The zero-order valence-electron chi connectivity index (χ0n) is 16.9. The number of nitrogens with zero attached hydrogens (tertiary/aromatic N) is 1. The fourth-order valence-electron chi connectivity index (χ4n) is 3.54. The van der Waals surface area contributed by atoms with E-state index < -0.39 is 23.6 Å². The van der Waals surface area contributed by atoms with E-state index in [0.29, 0.717) is 11.3 Å². The summed E-state index contributed by atoms with van der Waals surface area (Å²) in [7, 11) is 0. The third kappa shape index (κ3) is 5.78. The molecule has 3 rings (SSSR count). The average molecular weight is 416 g/mol. The third-order valence-corrected chi connectivity index (χ3v) is 5.34. The lowest BCUT2D eigenvalue weighted by Crippen LogP contribution is -2.50. The van der Waals surface area contributed by atoms with Crippen LogP contribution in [0.25, 0.3) is 0 Å². The maximum atomic E-state index is 14.2. The second kappa shape index (κ2) is 10.2. The van der Waals surface area contributed by atoms with E-state index in [2.05, 4.69) is 5.32 Å². The molecule has 30 heavy (non-hydrogen) atoms. The number of rotatable bonds is 8. The molecule has 1 aliphatic carbocycles. The molecule has 0 bridgehead atoms. The molecule has 5 nitrogen and oxygen atoms in total. The van der Waals surface area contributed by atoms with Crippen molar-refractivity contribution in [2.24, 2.45) is 0 Å². The van der Waals surface area contributed by atoms with Crippen molar-refractivity contribution in [3.05, 3.63) is 65.7 Å².